The topological polar surface area (TPSA) is 60.8 Å². The lowest BCUT2D eigenvalue weighted by molar-refractivity contribution is -0.136. The number of methoxy groups -OCH3 is 2. The minimum absolute atomic E-state index is 0.255. The number of halogens is 2. The van der Waals surface area contributed by atoms with E-state index in [9.17, 15) is 9.59 Å². The molecule has 0 unspecified atom stereocenters. The zero-order valence-corrected chi connectivity index (χ0v) is 19.6. The number of hydrogen-bond acceptors (Lipinski definition) is 4. The summed E-state index contributed by atoms with van der Waals surface area (Å²) in [5.41, 5.74) is 4.64. The Balaban J connectivity index is 2.10. The largest absolute Gasteiger partial charge is 0.465 e. The van der Waals surface area contributed by atoms with Crippen molar-refractivity contribution in [2.45, 2.75) is 20.8 Å². The quantitative estimate of drug-likeness (QED) is 0.460. The van der Waals surface area contributed by atoms with Gasteiger partial charge < -0.3 is 18.9 Å². The molecular formula is C23H24Cl2N2O4. The van der Waals surface area contributed by atoms with Crippen molar-refractivity contribution in [3.63, 3.8) is 0 Å². The molecule has 6 nitrogen and oxygen atoms in total. The van der Waals surface area contributed by atoms with Crippen molar-refractivity contribution < 1.29 is 19.1 Å². The molecule has 0 radical (unpaired) electrons. The molecule has 8 heteroatoms. The molecule has 0 fully saturated rings. The van der Waals surface area contributed by atoms with Gasteiger partial charge in [-0.15, -0.1) is 0 Å². The van der Waals surface area contributed by atoms with E-state index in [4.69, 9.17) is 32.7 Å². The number of nitrogens with zero attached hydrogens (tertiary/aromatic N) is 2. The van der Waals surface area contributed by atoms with Gasteiger partial charge in [0.15, 0.2) is 0 Å². The van der Waals surface area contributed by atoms with E-state index in [1.165, 1.54) is 7.11 Å². The first-order valence-corrected chi connectivity index (χ1v) is 10.4. The molecule has 164 valence electrons. The van der Waals surface area contributed by atoms with Crippen LogP contribution in [0.1, 0.15) is 23.9 Å². The monoisotopic (exact) mass is 462 g/mol. The summed E-state index contributed by atoms with van der Waals surface area (Å²) in [5, 5.41) is 0.934. The van der Waals surface area contributed by atoms with Crippen LogP contribution in [0.3, 0.4) is 0 Å². The highest BCUT2D eigenvalue weighted by Gasteiger charge is 2.37. The SMILES string of the molecule is COCCN1C(=O)/C(=C\c2cc(C)n(-c3ccc(Cl)c(Cl)c3)c2C)C(C(=O)OC)=C1C. The Bertz CT molecular complexity index is 1120. The molecule has 0 N–H and O–H groups in total. The van der Waals surface area contributed by atoms with Gasteiger partial charge in [0.25, 0.3) is 5.91 Å². The van der Waals surface area contributed by atoms with Gasteiger partial charge in [-0.25, -0.2) is 4.79 Å². The number of rotatable bonds is 6. The summed E-state index contributed by atoms with van der Waals surface area (Å²) in [6.07, 6.45) is 1.74. The lowest BCUT2D eigenvalue weighted by Crippen LogP contribution is -2.28. The maximum absolute atomic E-state index is 13.1. The van der Waals surface area contributed by atoms with Crippen molar-refractivity contribution in [1.82, 2.24) is 9.47 Å². The highest BCUT2D eigenvalue weighted by atomic mass is 35.5. The van der Waals surface area contributed by atoms with Gasteiger partial charge in [-0.3, -0.25) is 4.79 Å². The highest BCUT2D eigenvalue weighted by Crippen LogP contribution is 2.33. The van der Waals surface area contributed by atoms with Crippen LogP contribution < -0.4 is 0 Å². The Morgan fingerprint density at radius 1 is 1.10 bits per heavy atom. The standard InChI is InChI=1S/C23H24Cl2N2O4/c1-13-10-16(14(2)27(13)17-6-7-19(24)20(25)12-17)11-18-21(23(29)31-5)15(3)26(22(18)28)8-9-30-4/h6-7,10-12H,8-9H2,1-5H3/b18-11-. The average Bonchev–Trinajstić information content (AvgIpc) is 3.14. The second-order valence-electron chi connectivity index (χ2n) is 7.22. The number of allylic oxidation sites excluding steroid dienone is 1. The number of esters is 1. The van der Waals surface area contributed by atoms with Crippen LogP contribution in [0.15, 0.2) is 41.1 Å². The number of ether oxygens (including phenoxy) is 2. The normalized spacial score (nSPS) is 15.4. The van der Waals surface area contributed by atoms with E-state index in [1.54, 1.807) is 37.1 Å². The molecule has 2 heterocycles. The summed E-state index contributed by atoms with van der Waals surface area (Å²) >= 11 is 12.3. The predicted molar refractivity (Wildman–Crippen MR) is 122 cm³/mol. The van der Waals surface area contributed by atoms with Gasteiger partial charge >= 0.3 is 5.97 Å². The molecule has 1 aliphatic heterocycles. The van der Waals surface area contributed by atoms with Crippen LogP contribution in [0.5, 0.6) is 0 Å². The number of hydrogen-bond donors (Lipinski definition) is 0. The fraction of sp³-hybridized carbons (Fsp3) is 0.304. The van der Waals surface area contributed by atoms with E-state index in [1.807, 2.05) is 30.5 Å². The molecule has 1 amide bonds. The zero-order valence-electron chi connectivity index (χ0n) is 18.1. The molecule has 0 atom stereocenters. The minimum Gasteiger partial charge on any atom is -0.465 e. The van der Waals surface area contributed by atoms with Crippen molar-refractivity contribution in [1.29, 1.82) is 0 Å². The molecule has 0 aliphatic carbocycles. The van der Waals surface area contributed by atoms with Crippen LogP contribution in [0.2, 0.25) is 10.0 Å². The first-order valence-electron chi connectivity index (χ1n) is 9.67. The first-order chi connectivity index (χ1) is 14.7. The van der Waals surface area contributed by atoms with Gasteiger partial charge in [0.05, 0.1) is 34.9 Å². The number of benzene rings is 1. The Hall–Kier alpha value is -2.54. The lowest BCUT2D eigenvalue weighted by Gasteiger charge is -2.16. The minimum atomic E-state index is -0.546. The molecule has 0 bridgehead atoms. The zero-order chi connectivity index (χ0) is 22.9. The van der Waals surface area contributed by atoms with Crippen molar-refractivity contribution in [3.8, 4) is 5.69 Å². The van der Waals surface area contributed by atoms with Crippen molar-refractivity contribution >= 4 is 41.2 Å². The molecule has 3 rings (SSSR count). The summed E-state index contributed by atoms with van der Waals surface area (Å²) < 4.78 is 12.1. The fourth-order valence-corrected chi connectivity index (χ4v) is 4.08. The van der Waals surface area contributed by atoms with Gasteiger partial charge in [0, 0.05) is 36.4 Å². The van der Waals surface area contributed by atoms with Gasteiger partial charge in [-0.1, -0.05) is 23.2 Å². The van der Waals surface area contributed by atoms with Gasteiger partial charge in [-0.2, -0.15) is 0 Å². The summed E-state index contributed by atoms with van der Waals surface area (Å²) in [7, 11) is 2.87. The average molecular weight is 463 g/mol. The second-order valence-corrected chi connectivity index (χ2v) is 8.03. The molecule has 31 heavy (non-hydrogen) atoms. The number of amides is 1. The predicted octanol–water partition coefficient (Wildman–Crippen LogP) is 4.72. The van der Waals surface area contributed by atoms with Crippen LogP contribution in [0.4, 0.5) is 0 Å². The van der Waals surface area contributed by atoms with Crippen LogP contribution in [-0.2, 0) is 19.1 Å². The number of carbonyl (C=O) groups is 2. The summed E-state index contributed by atoms with van der Waals surface area (Å²) in [4.78, 5) is 27.1. The van der Waals surface area contributed by atoms with Crippen LogP contribution >= 0.6 is 23.2 Å². The van der Waals surface area contributed by atoms with Crippen LogP contribution in [0.25, 0.3) is 11.8 Å². The summed E-state index contributed by atoms with van der Waals surface area (Å²) in [5.74, 6) is -0.801. The van der Waals surface area contributed by atoms with Gasteiger partial charge in [0.2, 0.25) is 0 Å². The molecule has 1 aromatic heterocycles. The Labute approximate surface area is 191 Å². The molecule has 1 aliphatic rings. The second kappa shape index (κ2) is 9.30. The third-order valence-corrected chi connectivity index (χ3v) is 6.09. The van der Waals surface area contributed by atoms with E-state index in [0.717, 1.165) is 22.6 Å². The van der Waals surface area contributed by atoms with Crippen molar-refractivity contribution in [2.75, 3.05) is 27.4 Å². The molecule has 0 saturated heterocycles. The van der Waals surface area contributed by atoms with Crippen molar-refractivity contribution in [3.05, 3.63) is 68.1 Å². The smallest absolute Gasteiger partial charge is 0.340 e. The molecule has 0 spiro atoms. The van der Waals surface area contributed by atoms with E-state index < -0.39 is 5.97 Å². The Kier molecular flexibility index (Phi) is 6.94. The maximum Gasteiger partial charge on any atom is 0.340 e. The highest BCUT2D eigenvalue weighted by molar-refractivity contribution is 6.42. The first kappa shape index (κ1) is 23.1. The van der Waals surface area contributed by atoms with Gasteiger partial charge in [0.1, 0.15) is 0 Å². The van der Waals surface area contributed by atoms with E-state index in [2.05, 4.69) is 0 Å². The summed E-state index contributed by atoms with van der Waals surface area (Å²) in [6.45, 7) is 6.34. The molecular weight excluding hydrogens is 439 g/mol. The Morgan fingerprint density at radius 3 is 2.42 bits per heavy atom. The van der Waals surface area contributed by atoms with E-state index in [-0.39, 0.29) is 11.5 Å². The van der Waals surface area contributed by atoms with E-state index >= 15 is 0 Å². The number of aromatic nitrogens is 1. The van der Waals surface area contributed by atoms with Crippen LogP contribution in [0, 0.1) is 13.8 Å². The number of aryl methyl sites for hydroxylation is 1. The summed E-state index contributed by atoms with van der Waals surface area (Å²) in [6, 6.07) is 7.37. The lowest BCUT2D eigenvalue weighted by atomic mass is 10.0. The fourth-order valence-electron chi connectivity index (χ4n) is 3.79. The Morgan fingerprint density at radius 2 is 1.81 bits per heavy atom. The number of carbonyl (C=O) groups excluding carboxylic acids is 2. The molecule has 2 aromatic rings. The third-order valence-electron chi connectivity index (χ3n) is 5.35. The third kappa shape index (κ3) is 4.28. The van der Waals surface area contributed by atoms with Gasteiger partial charge in [-0.05, 0) is 56.7 Å². The molecule has 1 aromatic carbocycles. The van der Waals surface area contributed by atoms with Crippen molar-refractivity contribution in [2.24, 2.45) is 0 Å². The van der Waals surface area contributed by atoms with Crippen LogP contribution in [-0.4, -0.2) is 48.7 Å². The van der Waals surface area contributed by atoms with E-state index in [0.29, 0.717) is 34.5 Å². The maximum atomic E-state index is 13.1. The molecule has 0 saturated carbocycles.